The molecule has 0 fully saturated rings. The number of rotatable bonds is 29. The van der Waals surface area contributed by atoms with Gasteiger partial charge in [0.15, 0.2) is 0 Å². The van der Waals surface area contributed by atoms with Gasteiger partial charge in [-0.3, -0.25) is 28.8 Å². The first-order chi connectivity index (χ1) is 37.0. The monoisotopic (exact) mass is 1080 g/mol. The Kier molecular flexibility index (Phi) is 25.5. The summed E-state index contributed by atoms with van der Waals surface area (Å²) in [5, 5.41) is 19.2. The first-order valence-electron chi connectivity index (χ1n) is 26.7. The molecule has 18 nitrogen and oxygen atoms in total. The van der Waals surface area contributed by atoms with Crippen LogP contribution in [0, 0.1) is 23.7 Å². The molecular weight excluding hydrogens is 995 g/mol. The predicted molar refractivity (Wildman–Crippen MR) is 296 cm³/mol. The summed E-state index contributed by atoms with van der Waals surface area (Å²) in [6.07, 6.45) is -2.32. The summed E-state index contributed by atoms with van der Waals surface area (Å²) in [5.41, 5.74) is 2.15. The fourth-order valence-electron chi connectivity index (χ4n) is 8.31. The Balaban J connectivity index is 1.58. The van der Waals surface area contributed by atoms with Crippen molar-refractivity contribution in [3.05, 3.63) is 144 Å². The molecule has 0 bridgehead atoms. The van der Waals surface area contributed by atoms with Crippen molar-refractivity contribution in [2.75, 3.05) is 6.54 Å². The Morgan fingerprint density at radius 1 is 0.474 bits per heavy atom. The second-order valence-corrected chi connectivity index (χ2v) is 21.6. The molecular formula is C60H81N7O11. The lowest BCUT2D eigenvalue weighted by Gasteiger charge is -2.30. The lowest BCUT2D eigenvalue weighted by atomic mass is 9.92. The Bertz CT molecular complexity index is 2540. The van der Waals surface area contributed by atoms with E-state index in [-0.39, 0.29) is 50.7 Å². The number of amides is 7. The maximum atomic E-state index is 14.8. The van der Waals surface area contributed by atoms with Gasteiger partial charge in [0.2, 0.25) is 35.4 Å². The molecule has 7 amide bonds. The Morgan fingerprint density at radius 3 is 1.46 bits per heavy atom. The zero-order chi connectivity index (χ0) is 57.4. The van der Waals surface area contributed by atoms with Crippen LogP contribution in [0.25, 0.3) is 0 Å². The van der Waals surface area contributed by atoms with Gasteiger partial charge < -0.3 is 51.4 Å². The molecule has 0 aliphatic heterocycles. The van der Waals surface area contributed by atoms with E-state index >= 15 is 0 Å². The first-order valence-corrected chi connectivity index (χ1v) is 26.7. The Morgan fingerprint density at radius 2 is 0.949 bits per heavy atom. The number of benzene rings is 4. The summed E-state index contributed by atoms with van der Waals surface area (Å²) in [6, 6.07) is 31.4. The van der Waals surface area contributed by atoms with Gasteiger partial charge in [0.05, 0.1) is 19.3 Å². The van der Waals surface area contributed by atoms with Crippen molar-refractivity contribution in [2.24, 2.45) is 23.7 Å². The van der Waals surface area contributed by atoms with Crippen molar-refractivity contribution in [3.8, 4) is 0 Å². The quantitative estimate of drug-likeness (QED) is 0.0183. The third-order valence-corrected chi connectivity index (χ3v) is 12.2. The number of carbonyl (C=O) groups excluding carboxylic acids is 8. The highest BCUT2D eigenvalue weighted by molar-refractivity contribution is 6.03. The number of carbonyl (C=O) groups is 8. The molecule has 18 heteroatoms. The second kappa shape index (κ2) is 31.6. The van der Waals surface area contributed by atoms with Crippen LogP contribution in [0.15, 0.2) is 121 Å². The molecule has 0 heterocycles. The Hall–Kier alpha value is -7.60. The van der Waals surface area contributed by atoms with Gasteiger partial charge in [0.25, 0.3) is 0 Å². The van der Waals surface area contributed by atoms with Gasteiger partial charge in [-0.1, -0.05) is 163 Å². The number of hydrogen-bond donors (Lipinski definition) is 7. The minimum absolute atomic E-state index is 0.00173. The highest BCUT2D eigenvalue weighted by atomic mass is 16.6. The van der Waals surface area contributed by atoms with Crippen molar-refractivity contribution in [3.63, 3.8) is 0 Å². The zero-order valence-corrected chi connectivity index (χ0v) is 46.8. The summed E-state index contributed by atoms with van der Waals surface area (Å²) in [4.78, 5) is 111. The van der Waals surface area contributed by atoms with Crippen LogP contribution < -0.4 is 37.2 Å². The van der Waals surface area contributed by atoms with Crippen LogP contribution in [0.5, 0.6) is 0 Å². The smallest absolute Gasteiger partial charge is 0.408 e. The molecule has 0 saturated carbocycles. The topological polar surface area (TPSA) is 248 Å². The van der Waals surface area contributed by atoms with Crippen molar-refractivity contribution < 1.29 is 52.6 Å². The molecule has 4 aromatic rings. The van der Waals surface area contributed by atoms with E-state index in [2.05, 4.69) is 37.2 Å². The number of nitrogens with one attached hydrogen (secondary N) is 7. The van der Waals surface area contributed by atoms with Gasteiger partial charge in [0, 0.05) is 12.8 Å². The van der Waals surface area contributed by atoms with Crippen molar-refractivity contribution in [2.45, 2.75) is 150 Å². The zero-order valence-electron chi connectivity index (χ0n) is 46.8. The summed E-state index contributed by atoms with van der Waals surface area (Å²) in [5.74, 6) is -7.11. The average Bonchev–Trinajstić information content (AvgIpc) is 3.37. The summed E-state index contributed by atoms with van der Waals surface area (Å²) in [6.45, 7) is 17.2. The molecule has 4 aromatic carbocycles. The number of esters is 1. The third kappa shape index (κ3) is 22.9. The van der Waals surface area contributed by atoms with E-state index in [9.17, 15) is 38.4 Å². The SMILES string of the molecule is CC(C)C[C@H](NC(=O)OC(C)(C)C)C(=O)NCC(=O)N[C@@H](Cc1ccccc1)NC(=O)C(C(=O)N[C@@H](Cc1ccccc1)C(=O)N[C@H](C(=O)N[C@@H](CC(C)C)C(=O)OCc1ccccc1)[C@@H](C)OCc1ccccc1)C(C)C. The average molecular weight is 1080 g/mol. The minimum atomic E-state index is -1.41. The molecule has 422 valence electrons. The molecule has 0 spiro atoms. The normalized spacial score (nSPS) is 14.1. The number of alkyl carbamates (subject to hydrolysis) is 1. The van der Waals surface area contributed by atoms with E-state index in [0.29, 0.717) is 5.56 Å². The lowest BCUT2D eigenvalue weighted by Crippen LogP contribution is -2.61. The van der Waals surface area contributed by atoms with Crippen LogP contribution in [0.3, 0.4) is 0 Å². The van der Waals surface area contributed by atoms with E-state index in [1.54, 1.807) is 96.1 Å². The van der Waals surface area contributed by atoms with Gasteiger partial charge in [-0.05, 0) is 80.5 Å². The van der Waals surface area contributed by atoms with Crippen LogP contribution in [0.4, 0.5) is 4.79 Å². The number of hydrogen-bond acceptors (Lipinski definition) is 11. The fraction of sp³-hybridized carbons (Fsp3) is 0.467. The largest absolute Gasteiger partial charge is 0.459 e. The van der Waals surface area contributed by atoms with Crippen molar-refractivity contribution >= 4 is 47.5 Å². The molecule has 0 aliphatic carbocycles. The maximum absolute atomic E-state index is 14.8. The molecule has 0 aliphatic rings. The van der Waals surface area contributed by atoms with E-state index in [4.69, 9.17) is 14.2 Å². The van der Waals surface area contributed by atoms with Gasteiger partial charge in [0.1, 0.15) is 48.5 Å². The van der Waals surface area contributed by atoms with E-state index in [1.165, 1.54) is 0 Å². The maximum Gasteiger partial charge on any atom is 0.408 e. The van der Waals surface area contributed by atoms with Gasteiger partial charge >= 0.3 is 12.1 Å². The summed E-state index contributed by atoms with van der Waals surface area (Å²) >= 11 is 0. The van der Waals surface area contributed by atoms with Gasteiger partial charge in [-0.2, -0.15) is 0 Å². The van der Waals surface area contributed by atoms with Crippen LogP contribution in [-0.2, 0) is 73.8 Å². The Labute approximate surface area is 459 Å². The van der Waals surface area contributed by atoms with E-state index in [0.717, 1.165) is 16.7 Å². The molecule has 0 aromatic heterocycles. The number of ether oxygens (including phenoxy) is 3. The van der Waals surface area contributed by atoms with Crippen molar-refractivity contribution in [1.29, 1.82) is 0 Å². The molecule has 1 unspecified atom stereocenters. The molecule has 0 radical (unpaired) electrons. The van der Waals surface area contributed by atoms with Crippen molar-refractivity contribution in [1.82, 2.24) is 37.2 Å². The highest BCUT2D eigenvalue weighted by Gasteiger charge is 2.38. The first kappa shape index (κ1) is 62.9. The van der Waals surface area contributed by atoms with E-state index in [1.807, 2.05) is 94.4 Å². The summed E-state index contributed by atoms with van der Waals surface area (Å²) in [7, 11) is 0. The fourth-order valence-corrected chi connectivity index (χ4v) is 8.31. The second-order valence-electron chi connectivity index (χ2n) is 21.6. The van der Waals surface area contributed by atoms with Crippen LogP contribution in [0.1, 0.15) is 104 Å². The van der Waals surface area contributed by atoms with Gasteiger partial charge in [-0.25, -0.2) is 9.59 Å². The van der Waals surface area contributed by atoms with Crippen LogP contribution >= 0.6 is 0 Å². The highest BCUT2D eigenvalue weighted by Crippen LogP contribution is 2.17. The van der Waals surface area contributed by atoms with Crippen LogP contribution in [-0.4, -0.2) is 96.1 Å². The van der Waals surface area contributed by atoms with E-state index < -0.39 is 108 Å². The molecule has 0 saturated heterocycles. The van der Waals surface area contributed by atoms with Gasteiger partial charge in [-0.15, -0.1) is 0 Å². The molecule has 4 rings (SSSR count). The molecule has 7 N–H and O–H groups in total. The van der Waals surface area contributed by atoms with Crippen LogP contribution in [0.2, 0.25) is 0 Å². The standard InChI is InChI=1S/C60H81N7O11/c1-38(2)31-46(64-59(75)78-60(8,9)10)53(69)61-35-50(68)65-49(34-43-25-17-12-18-26-43)66-56(72)51(40(5)6)55(71)62-47(33-42-23-15-11-16-24-42)54(70)67-52(41(7)76-36-44-27-19-13-20-28-44)57(73)63-48(32-39(3)4)58(74)77-37-45-29-21-14-22-30-45/h11-30,38-41,46-49,51-52H,31-37H2,1-10H3,(H,61,69)(H,62,71)(H,63,73)(H,64,75)(H,65,68)(H,66,72)(H,67,70)/t41-,46+,47+,48+,49-,51?,52+/m1/s1. The molecule has 78 heavy (non-hydrogen) atoms. The third-order valence-electron chi connectivity index (χ3n) is 12.2. The summed E-state index contributed by atoms with van der Waals surface area (Å²) < 4.78 is 17.2. The molecule has 7 atom stereocenters. The predicted octanol–water partition coefficient (Wildman–Crippen LogP) is 6.21. The minimum Gasteiger partial charge on any atom is -0.459 e. The lowest BCUT2D eigenvalue weighted by molar-refractivity contribution is -0.150.